The van der Waals surface area contributed by atoms with Crippen molar-refractivity contribution in [1.29, 1.82) is 0 Å². The smallest absolute Gasteiger partial charge is 0.261 e. The zero-order valence-electron chi connectivity index (χ0n) is 16.8. The number of ether oxygens (including phenoxy) is 2. The Labute approximate surface area is 174 Å². The van der Waals surface area contributed by atoms with Gasteiger partial charge < -0.3 is 18.9 Å². The largest absolute Gasteiger partial charge is 0.497 e. The van der Waals surface area contributed by atoms with Gasteiger partial charge in [0.15, 0.2) is 5.82 Å². The molecule has 2 heterocycles. The summed E-state index contributed by atoms with van der Waals surface area (Å²) in [6.45, 7) is 1.19. The monoisotopic (exact) mass is 405 g/mol. The summed E-state index contributed by atoms with van der Waals surface area (Å²) >= 11 is 0. The van der Waals surface area contributed by atoms with Gasteiger partial charge in [0.2, 0.25) is 0 Å². The van der Waals surface area contributed by atoms with E-state index in [2.05, 4.69) is 10.1 Å². The zero-order valence-corrected chi connectivity index (χ0v) is 16.8. The molecule has 30 heavy (non-hydrogen) atoms. The first-order chi connectivity index (χ1) is 14.7. The van der Waals surface area contributed by atoms with Crippen molar-refractivity contribution >= 4 is 5.91 Å². The van der Waals surface area contributed by atoms with Crippen LogP contribution in [0.25, 0.3) is 11.5 Å². The van der Waals surface area contributed by atoms with Crippen LogP contribution in [0, 0.1) is 0 Å². The number of hydrogen-bond acceptors (Lipinski definition) is 6. The Morgan fingerprint density at radius 1 is 1.10 bits per heavy atom. The van der Waals surface area contributed by atoms with E-state index in [1.807, 2.05) is 29.2 Å². The first-order valence-corrected chi connectivity index (χ1v) is 10.2. The van der Waals surface area contributed by atoms with Crippen molar-refractivity contribution in [1.82, 2.24) is 15.0 Å². The van der Waals surface area contributed by atoms with E-state index in [9.17, 15) is 4.79 Å². The van der Waals surface area contributed by atoms with Gasteiger partial charge in [-0.3, -0.25) is 4.79 Å². The minimum absolute atomic E-state index is 0.00279. The molecule has 1 saturated carbocycles. The van der Waals surface area contributed by atoms with Crippen LogP contribution < -0.4 is 9.47 Å². The maximum Gasteiger partial charge on any atom is 0.261 e. The highest BCUT2D eigenvalue weighted by Gasteiger charge is 2.31. The molecule has 7 heteroatoms. The average Bonchev–Trinajstić information content (AvgIpc) is 3.33. The van der Waals surface area contributed by atoms with E-state index >= 15 is 0 Å². The van der Waals surface area contributed by atoms with Gasteiger partial charge in [-0.1, -0.05) is 17.3 Å². The maximum absolute atomic E-state index is 12.8. The molecule has 5 rings (SSSR count). The van der Waals surface area contributed by atoms with E-state index in [0.717, 1.165) is 36.4 Å². The van der Waals surface area contributed by atoms with Crippen LogP contribution in [-0.2, 0) is 0 Å². The van der Waals surface area contributed by atoms with Gasteiger partial charge in [-0.25, -0.2) is 0 Å². The van der Waals surface area contributed by atoms with Crippen LogP contribution in [0.4, 0.5) is 0 Å². The van der Waals surface area contributed by atoms with Crippen molar-refractivity contribution in [3.05, 3.63) is 59.9 Å². The summed E-state index contributed by atoms with van der Waals surface area (Å²) in [5, 5.41) is 4.11. The van der Waals surface area contributed by atoms with Crippen molar-refractivity contribution in [3.63, 3.8) is 0 Å². The highest BCUT2D eigenvalue weighted by atomic mass is 16.5. The standard InChI is InChI=1S/C23H23N3O4/c1-28-17-10-8-16(9-11-17)23(27)26-13-12-18(14-26)29-20-5-3-2-4-19(20)22-24-21(25-30-22)15-6-7-15/h2-5,8-11,15,18H,6-7,12-14H2,1H3. The lowest BCUT2D eigenvalue weighted by atomic mass is 10.2. The second kappa shape index (κ2) is 7.82. The number of likely N-dealkylation sites (tertiary alicyclic amines) is 1. The van der Waals surface area contributed by atoms with E-state index in [1.165, 1.54) is 0 Å². The minimum atomic E-state index is -0.0841. The molecule has 2 aliphatic rings. The predicted octanol–water partition coefficient (Wildman–Crippen LogP) is 3.92. The predicted molar refractivity (Wildman–Crippen MR) is 110 cm³/mol. The van der Waals surface area contributed by atoms with Crippen molar-refractivity contribution in [2.24, 2.45) is 0 Å². The molecule has 154 valence electrons. The number of para-hydroxylation sites is 1. The maximum atomic E-state index is 12.8. The molecular weight excluding hydrogens is 382 g/mol. The molecule has 0 radical (unpaired) electrons. The second-order valence-electron chi connectivity index (χ2n) is 7.74. The Morgan fingerprint density at radius 2 is 1.90 bits per heavy atom. The van der Waals surface area contributed by atoms with Crippen molar-refractivity contribution in [2.45, 2.75) is 31.3 Å². The van der Waals surface area contributed by atoms with Gasteiger partial charge in [0.25, 0.3) is 11.8 Å². The third-order valence-corrected chi connectivity index (χ3v) is 5.56. The van der Waals surface area contributed by atoms with E-state index in [0.29, 0.717) is 36.2 Å². The number of aromatic nitrogens is 2. The molecule has 2 aromatic carbocycles. The van der Waals surface area contributed by atoms with Crippen LogP contribution >= 0.6 is 0 Å². The fourth-order valence-electron chi connectivity index (χ4n) is 3.70. The third kappa shape index (κ3) is 3.75. The molecule has 1 aromatic heterocycles. The number of amides is 1. The number of methoxy groups -OCH3 is 1. The summed E-state index contributed by atoms with van der Waals surface area (Å²) in [6, 6.07) is 14.9. The van der Waals surface area contributed by atoms with Crippen LogP contribution in [-0.4, -0.2) is 47.3 Å². The highest BCUT2D eigenvalue weighted by molar-refractivity contribution is 5.94. The summed E-state index contributed by atoms with van der Waals surface area (Å²) in [5.41, 5.74) is 1.44. The first-order valence-electron chi connectivity index (χ1n) is 10.2. The van der Waals surface area contributed by atoms with Gasteiger partial charge >= 0.3 is 0 Å². The molecule has 1 amide bonds. The van der Waals surface area contributed by atoms with Crippen LogP contribution in [0.3, 0.4) is 0 Å². The van der Waals surface area contributed by atoms with Crippen molar-refractivity contribution in [2.75, 3.05) is 20.2 Å². The fraction of sp³-hybridized carbons (Fsp3) is 0.348. The number of benzene rings is 2. The van der Waals surface area contributed by atoms with E-state index in [4.69, 9.17) is 14.0 Å². The molecule has 1 aliphatic heterocycles. The lowest BCUT2D eigenvalue weighted by Crippen LogP contribution is -2.30. The van der Waals surface area contributed by atoms with E-state index in [1.54, 1.807) is 31.4 Å². The molecule has 2 fully saturated rings. The van der Waals surface area contributed by atoms with Gasteiger partial charge in [0.1, 0.15) is 17.6 Å². The molecule has 3 aromatic rings. The summed E-state index contributed by atoms with van der Waals surface area (Å²) in [7, 11) is 1.61. The lowest BCUT2D eigenvalue weighted by Gasteiger charge is -2.18. The Kier molecular flexibility index (Phi) is 4.86. The number of rotatable bonds is 6. The molecule has 1 atom stereocenters. The van der Waals surface area contributed by atoms with Crippen LogP contribution in [0.2, 0.25) is 0 Å². The summed E-state index contributed by atoms with van der Waals surface area (Å²) < 4.78 is 16.9. The molecule has 1 saturated heterocycles. The quantitative estimate of drug-likeness (QED) is 0.619. The molecule has 0 spiro atoms. The summed E-state index contributed by atoms with van der Waals surface area (Å²) in [4.78, 5) is 19.2. The van der Waals surface area contributed by atoms with E-state index < -0.39 is 0 Å². The Morgan fingerprint density at radius 3 is 2.67 bits per heavy atom. The molecule has 0 bridgehead atoms. The van der Waals surface area contributed by atoms with Gasteiger partial charge in [0, 0.05) is 24.4 Å². The number of hydrogen-bond donors (Lipinski definition) is 0. The molecule has 1 aliphatic carbocycles. The Bertz CT molecular complexity index is 1040. The number of nitrogens with zero attached hydrogens (tertiary/aromatic N) is 3. The minimum Gasteiger partial charge on any atom is -0.497 e. The van der Waals surface area contributed by atoms with E-state index in [-0.39, 0.29) is 12.0 Å². The SMILES string of the molecule is COc1ccc(C(=O)N2CCC(Oc3ccccc3-c3nc(C4CC4)no3)C2)cc1. The second-order valence-corrected chi connectivity index (χ2v) is 7.74. The topological polar surface area (TPSA) is 77.7 Å². The van der Waals surface area contributed by atoms with Gasteiger partial charge in [-0.15, -0.1) is 0 Å². The summed E-state index contributed by atoms with van der Waals surface area (Å²) in [6.07, 6.45) is 2.93. The normalized spacial score (nSPS) is 18.4. The van der Waals surface area contributed by atoms with Crippen LogP contribution in [0.5, 0.6) is 11.5 Å². The van der Waals surface area contributed by atoms with Crippen LogP contribution in [0.15, 0.2) is 53.1 Å². The van der Waals surface area contributed by atoms with Gasteiger partial charge in [-0.2, -0.15) is 4.98 Å². The van der Waals surface area contributed by atoms with Crippen molar-refractivity contribution < 1.29 is 18.8 Å². The number of carbonyl (C=O) groups is 1. The molecule has 0 N–H and O–H groups in total. The van der Waals surface area contributed by atoms with Crippen LogP contribution in [0.1, 0.15) is 41.4 Å². The zero-order chi connectivity index (χ0) is 20.5. The van der Waals surface area contributed by atoms with Crippen molar-refractivity contribution in [3.8, 4) is 23.0 Å². The van der Waals surface area contributed by atoms with Gasteiger partial charge in [0.05, 0.1) is 19.2 Å². The third-order valence-electron chi connectivity index (χ3n) is 5.56. The Balaban J connectivity index is 1.27. The lowest BCUT2D eigenvalue weighted by molar-refractivity contribution is 0.0772. The molecular formula is C23H23N3O4. The Hall–Kier alpha value is -3.35. The summed E-state index contributed by atoms with van der Waals surface area (Å²) in [5.74, 6) is 3.13. The number of carbonyl (C=O) groups excluding carboxylic acids is 1. The van der Waals surface area contributed by atoms with Gasteiger partial charge in [-0.05, 0) is 49.2 Å². The molecule has 7 nitrogen and oxygen atoms in total. The first kappa shape index (κ1) is 18.7. The highest BCUT2D eigenvalue weighted by Crippen LogP contribution is 2.40. The fourth-order valence-corrected chi connectivity index (χ4v) is 3.70. The average molecular weight is 405 g/mol. The molecule has 1 unspecified atom stereocenters.